The fourth-order valence-corrected chi connectivity index (χ4v) is 4.65. The van der Waals surface area contributed by atoms with Crippen molar-refractivity contribution in [1.29, 1.82) is 5.26 Å². The van der Waals surface area contributed by atoms with Gasteiger partial charge in [-0.3, -0.25) is 4.98 Å². The lowest BCUT2D eigenvalue weighted by Crippen LogP contribution is -2.12. The number of hydrogen-bond acceptors (Lipinski definition) is 5. The lowest BCUT2D eigenvalue weighted by Gasteiger charge is -2.18. The smallest absolute Gasteiger partial charge is 0.138 e. The van der Waals surface area contributed by atoms with E-state index in [4.69, 9.17) is 5.26 Å². The molecule has 1 saturated carbocycles. The molecular weight excluding hydrogens is 308 g/mol. The minimum absolute atomic E-state index is 0.302. The molecule has 0 bridgehead atoms. The summed E-state index contributed by atoms with van der Waals surface area (Å²) in [5.74, 6) is 1.16. The van der Waals surface area contributed by atoms with E-state index in [0.29, 0.717) is 24.2 Å². The van der Waals surface area contributed by atoms with E-state index in [9.17, 15) is 5.11 Å². The van der Waals surface area contributed by atoms with Crippen molar-refractivity contribution in [1.82, 2.24) is 14.5 Å². The molecule has 1 fully saturated rings. The van der Waals surface area contributed by atoms with Crippen molar-refractivity contribution in [2.24, 2.45) is 5.92 Å². The zero-order valence-electron chi connectivity index (χ0n) is 12.9. The average molecular weight is 326 g/mol. The van der Waals surface area contributed by atoms with Crippen molar-refractivity contribution < 1.29 is 5.11 Å². The molecule has 5 nitrogen and oxygen atoms in total. The number of imidazole rings is 1. The van der Waals surface area contributed by atoms with Crippen LogP contribution in [0.1, 0.15) is 50.6 Å². The van der Waals surface area contributed by atoms with Gasteiger partial charge < -0.3 is 9.67 Å². The van der Waals surface area contributed by atoms with Crippen LogP contribution in [-0.2, 0) is 0 Å². The number of fused-ring (bicyclic) bond motifs is 3. The molecule has 3 atom stereocenters. The lowest BCUT2D eigenvalue weighted by molar-refractivity contribution is 0.181. The number of aliphatic hydroxyl groups is 1. The third-order valence-electron chi connectivity index (χ3n) is 4.78. The van der Waals surface area contributed by atoms with Gasteiger partial charge in [0.05, 0.1) is 28.0 Å². The second kappa shape index (κ2) is 5.59. The molecule has 0 spiro atoms. The van der Waals surface area contributed by atoms with E-state index in [1.165, 1.54) is 0 Å². The number of nitrogens with zero attached hydrogens (tertiary/aromatic N) is 4. The molecule has 1 aliphatic carbocycles. The maximum Gasteiger partial charge on any atom is 0.138 e. The number of nitriles is 1. The molecule has 118 valence electrons. The summed E-state index contributed by atoms with van der Waals surface area (Å²) in [6.45, 7) is 1.76. The number of aromatic nitrogens is 3. The number of pyridine rings is 1. The summed E-state index contributed by atoms with van der Waals surface area (Å²) in [6.07, 6.45) is 4.88. The molecule has 0 radical (unpaired) electrons. The summed E-state index contributed by atoms with van der Waals surface area (Å²) in [6, 6.07) is 4.61. The first kappa shape index (κ1) is 14.6. The summed E-state index contributed by atoms with van der Waals surface area (Å²) in [5, 5.41) is 21.2. The van der Waals surface area contributed by atoms with Crippen LogP contribution in [0.5, 0.6) is 0 Å². The molecule has 1 unspecified atom stereocenters. The summed E-state index contributed by atoms with van der Waals surface area (Å²) in [4.78, 5) is 9.11. The van der Waals surface area contributed by atoms with Crippen LogP contribution in [0.25, 0.3) is 21.3 Å². The lowest BCUT2D eigenvalue weighted by atomic mass is 10.1. The minimum Gasteiger partial charge on any atom is -0.385 e. The Kier molecular flexibility index (Phi) is 3.55. The monoisotopic (exact) mass is 326 g/mol. The van der Waals surface area contributed by atoms with Crippen molar-refractivity contribution in [3.8, 4) is 6.07 Å². The van der Waals surface area contributed by atoms with Gasteiger partial charge in [-0.1, -0.05) is 0 Å². The van der Waals surface area contributed by atoms with E-state index < -0.39 is 6.10 Å². The Bertz CT molecular complexity index is 904. The third-order valence-corrected chi connectivity index (χ3v) is 5.69. The normalized spacial score (nSPS) is 22.7. The van der Waals surface area contributed by atoms with Crippen LogP contribution in [-0.4, -0.2) is 19.6 Å². The highest BCUT2D eigenvalue weighted by Crippen LogP contribution is 2.41. The molecule has 1 aliphatic rings. The van der Waals surface area contributed by atoms with Gasteiger partial charge in [0.15, 0.2) is 0 Å². The quantitative estimate of drug-likeness (QED) is 0.790. The Balaban J connectivity index is 1.91. The number of hydrogen-bond donors (Lipinski definition) is 1. The second-order valence-corrected chi connectivity index (χ2v) is 7.25. The largest absolute Gasteiger partial charge is 0.385 e. The molecule has 0 aliphatic heterocycles. The fourth-order valence-electron chi connectivity index (χ4n) is 3.76. The Hall–Kier alpha value is -1.97. The van der Waals surface area contributed by atoms with Crippen molar-refractivity contribution in [3.63, 3.8) is 0 Å². The maximum atomic E-state index is 10.2. The van der Waals surface area contributed by atoms with Gasteiger partial charge in [-0.15, -0.1) is 11.3 Å². The second-order valence-electron chi connectivity index (χ2n) is 6.34. The van der Waals surface area contributed by atoms with Gasteiger partial charge in [0.1, 0.15) is 17.4 Å². The van der Waals surface area contributed by atoms with Crippen molar-refractivity contribution >= 4 is 32.6 Å². The van der Waals surface area contributed by atoms with Crippen LogP contribution in [0.15, 0.2) is 17.6 Å². The highest BCUT2D eigenvalue weighted by Gasteiger charge is 2.30. The van der Waals surface area contributed by atoms with Gasteiger partial charge in [0.25, 0.3) is 0 Å². The first-order valence-electron chi connectivity index (χ1n) is 7.98. The third kappa shape index (κ3) is 2.32. The molecular formula is C17H18N4OS. The predicted octanol–water partition coefficient (Wildman–Crippen LogP) is 3.95. The summed E-state index contributed by atoms with van der Waals surface area (Å²) < 4.78 is 3.35. The van der Waals surface area contributed by atoms with E-state index in [1.54, 1.807) is 24.5 Å². The van der Waals surface area contributed by atoms with Gasteiger partial charge in [-0.05, 0) is 43.6 Å². The van der Waals surface area contributed by atoms with Crippen molar-refractivity contribution in [2.75, 3.05) is 0 Å². The molecule has 3 aromatic heterocycles. The Morgan fingerprint density at radius 3 is 3.13 bits per heavy atom. The Labute approximate surface area is 138 Å². The SMILES string of the molecule is C[C@@H](O)c1nc2cnc3ccsc3c2n1[C@H]1CCC(CC#N)C1. The van der Waals surface area contributed by atoms with Gasteiger partial charge in [0.2, 0.25) is 0 Å². The fraction of sp³-hybridized carbons (Fsp3) is 0.471. The number of thiophene rings is 1. The van der Waals surface area contributed by atoms with Crippen molar-refractivity contribution in [2.45, 2.75) is 44.8 Å². The van der Waals surface area contributed by atoms with Crippen molar-refractivity contribution in [3.05, 3.63) is 23.5 Å². The molecule has 3 aromatic rings. The van der Waals surface area contributed by atoms with Gasteiger partial charge >= 0.3 is 0 Å². The van der Waals surface area contributed by atoms with Gasteiger partial charge in [0, 0.05) is 12.5 Å². The zero-order chi connectivity index (χ0) is 16.0. The molecule has 1 N–H and O–H groups in total. The molecule has 0 amide bonds. The minimum atomic E-state index is -0.618. The van der Waals surface area contributed by atoms with E-state index in [-0.39, 0.29) is 0 Å². The highest BCUT2D eigenvalue weighted by atomic mass is 32.1. The van der Waals surface area contributed by atoms with Crippen LogP contribution in [0.3, 0.4) is 0 Å². The average Bonchev–Trinajstić information content (AvgIpc) is 3.23. The predicted molar refractivity (Wildman–Crippen MR) is 90.2 cm³/mol. The van der Waals surface area contributed by atoms with Crippen LogP contribution < -0.4 is 0 Å². The molecule has 0 aromatic carbocycles. The molecule has 4 rings (SSSR count). The topological polar surface area (TPSA) is 74.7 Å². The standard InChI is InChI=1S/C17H18N4OS/c1-10(22)17-20-14-9-19-13-5-7-23-16(13)15(14)21(17)12-3-2-11(8-12)4-6-18/h5,7,9-12,22H,2-4,8H2,1H3/t10-,11?,12+/m1/s1. The molecule has 0 saturated heterocycles. The van der Waals surface area contributed by atoms with E-state index in [1.807, 2.05) is 11.4 Å². The first-order chi connectivity index (χ1) is 11.2. The summed E-state index contributed by atoms with van der Waals surface area (Å²) >= 11 is 1.67. The first-order valence-corrected chi connectivity index (χ1v) is 8.86. The van der Waals surface area contributed by atoms with E-state index >= 15 is 0 Å². The maximum absolute atomic E-state index is 10.2. The number of aliphatic hydroxyl groups excluding tert-OH is 1. The molecule has 6 heteroatoms. The van der Waals surface area contributed by atoms with Gasteiger partial charge in [-0.25, -0.2) is 4.98 Å². The highest BCUT2D eigenvalue weighted by molar-refractivity contribution is 7.18. The summed E-state index contributed by atoms with van der Waals surface area (Å²) in [5.41, 5.74) is 2.91. The summed E-state index contributed by atoms with van der Waals surface area (Å²) in [7, 11) is 0. The Morgan fingerprint density at radius 1 is 1.48 bits per heavy atom. The zero-order valence-corrected chi connectivity index (χ0v) is 13.8. The molecule has 3 heterocycles. The van der Waals surface area contributed by atoms with Crippen LogP contribution in [0, 0.1) is 17.2 Å². The van der Waals surface area contributed by atoms with Crippen LogP contribution >= 0.6 is 11.3 Å². The van der Waals surface area contributed by atoms with Crippen LogP contribution in [0.4, 0.5) is 0 Å². The Morgan fingerprint density at radius 2 is 2.35 bits per heavy atom. The van der Waals surface area contributed by atoms with Gasteiger partial charge in [-0.2, -0.15) is 5.26 Å². The van der Waals surface area contributed by atoms with E-state index in [0.717, 1.165) is 40.5 Å². The number of rotatable bonds is 3. The molecule has 23 heavy (non-hydrogen) atoms. The van der Waals surface area contributed by atoms with Crippen LogP contribution in [0.2, 0.25) is 0 Å². The van der Waals surface area contributed by atoms with E-state index in [2.05, 4.69) is 20.6 Å².